The van der Waals surface area contributed by atoms with E-state index in [9.17, 15) is 10.2 Å². The van der Waals surface area contributed by atoms with Gasteiger partial charge in [0.15, 0.2) is 5.79 Å². The molecule has 2 nitrogen and oxygen atoms in total. The van der Waals surface area contributed by atoms with E-state index >= 15 is 0 Å². The number of aliphatic hydroxyl groups is 2. The second kappa shape index (κ2) is 1.99. The van der Waals surface area contributed by atoms with E-state index in [4.69, 9.17) is 0 Å². The summed E-state index contributed by atoms with van der Waals surface area (Å²) in [4.78, 5) is 0. The van der Waals surface area contributed by atoms with Crippen molar-refractivity contribution in [1.29, 1.82) is 0 Å². The fourth-order valence-corrected chi connectivity index (χ4v) is 2.31. The minimum Gasteiger partial charge on any atom is -0.365 e. The van der Waals surface area contributed by atoms with Crippen LogP contribution < -0.4 is 0 Å². The van der Waals surface area contributed by atoms with Crippen molar-refractivity contribution in [3.63, 3.8) is 0 Å². The van der Waals surface area contributed by atoms with Gasteiger partial charge in [-0.3, -0.25) is 0 Å². The van der Waals surface area contributed by atoms with Crippen LogP contribution in [0, 0.1) is 10.8 Å². The summed E-state index contributed by atoms with van der Waals surface area (Å²) >= 11 is 0. The highest BCUT2D eigenvalue weighted by Gasteiger charge is 2.53. The highest BCUT2D eigenvalue weighted by Crippen LogP contribution is 2.53. The highest BCUT2D eigenvalue weighted by molar-refractivity contribution is 4.99. The van der Waals surface area contributed by atoms with Crippen LogP contribution in [-0.4, -0.2) is 16.0 Å². The number of hydrogen-bond acceptors (Lipinski definition) is 2. The Labute approximate surface area is 68.2 Å². The van der Waals surface area contributed by atoms with Gasteiger partial charge in [0.25, 0.3) is 0 Å². The molecular formula is C9H18O2. The van der Waals surface area contributed by atoms with E-state index in [0.29, 0.717) is 6.42 Å². The molecule has 1 aliphatic carbocycles. The molecular weight excluding hydrogens is 140 g/mol. The fourth-order valence-electron chi connectivity index (χ4n) is 2.31. The lowest BCUT2D eigenvalue weighted by Crippen LogP contribution is -2.39. The van der Waals surface area contributed by atoms with Crippen molar-refractivity contribution >= 4 is 0 Å². The van der Waals surface area contributed by atoms with Crippen LogP contribution in [0.25, 0.3) is 0 Å². The molecule has 0 amide bonds. The van der Waals surface area contributed by atoms with Gasteiger partial charge in [-0.05, 0) is 11.8 Å². The Balaban J connectivity index is 2.89. The Bertz CT molecular complexity index is 150. The summed E-state index contributed by atoms with van der Waals surface area (Å²) in [7, 11) is 0. The molecule has 0 spiro atoms. The molecule has 0 unspecified atom stereocenters. The third-order valence-electron chi connectivity index (χ3n) is 2.73. The molecule has 0 aromatic heterocycles. The molecule has 1 rings (SSSR count). The summed E-state index contributed by atoms with van der Waals surface area (Å²) in [5, 5.41) is 19.2. The molecule has 2 heteroatoms. The molecule has 0 bridgehead atoms. The zero-order valence-corrected chi connectivity index (χ0v) is 7.81. The van der Waals surface area contributed by atoms with Crippen LogP contribution in [-0.2, 0) is 0 Å². The maximum atomic E-state index is 9.61. The maximum absolute atomic E-state index is 9.61. The fraction of sp³-hybridized carbons (Fsp3) is 1.00. The van der Waals surface area contributed by atoms with Gasteiger partial charge in [0, 0.05) is 11.8 Å². The van der Waals surface area contributed by atoms with Gasteiger partial charge in [0.2, 0.25) is 0 Å². The Morgan fingerprint density at radius 3 is 1.45 bits per heavy atom. The van der Waals surface area contributed by atoms with Gasteiger partial charge < -0.3 is 10.2 Å². The summed E-state index contributed by atoms with van der Waals surface area (Å²) in [5.74, 6) is -1.48. The molecule has 0 radical (unpaired) electrons. The number of rotatable bonds is 0. The molecule has 0 atom stereocenters. The molecule has 1 fully saturated rings. The van der Waals surface area contributed by atoms with Crippen LogP contribution >= 0.6 is 0 Å². The Kier molecular flexibility index (Phi) is 1.63. The van der Waals surface area contributed by atoms with Crippen LogP contribution in [0.15, 0.2) is 0 Å². The van der Waals surface area contributed by atoms with E-state index in [1.165, 1.54) is 0 Å². The third-order valence-corrected chi connectivity index (χ3v) is 2.73. The Morgan fingerprint density at radius 2 is 1.36 bits per heavy atom. The molecule has 0 aromatic carbocycles. The standard InChI is InChI=1S/C9H18O2/c1-7(2)5-8(3,4)9(10,11)6-7/h10-11H,5-6H2,1-4H3. The molecule has 2 N–H and O–H groups in total. The van der Waals surface area contributed by atoms with Gasteiger partial charge >= 0.3 is 0 Å². The van der Waals surface area contributed by atoms with Crippen LogP contribution in [0.4, 0.5) is 0 Å². The molecule has 66 valence electrons. The van der Waals surface area contributed by atoms with Crippen molar-refractivity contribution in [1.82, 2.24) is 0 Å². The monoisotopic (exact) mass is 158 g/mol. The molecule has 1 saturated carbocycles. The van der Waals surface area contributed by atoms with Gasteiger partial charge in [-0.15, -0.1) is 0 Å². The maximum Gasteiger partial charge on any atom is 0.168 e. The molecule has 1 aliphatic rings. The van der Waals surface area contributed by atoms with Crippen molar-refractivity contribution in [2.45, 2.75) is 46.3 Å². The van der Waals surface area contributed by atoms with Crippen LogP contribution in [0.2, 0.25) is 0 Å². The average molecular weight is 158 g/mol. The second-order valence-electron chi connectivity index (χ2n) is 5.22. The topological polar surface area (TPSA) is 40.5 Å². The summed E-state index contributed by atoms with van der Waals surface area (Å²) in [6.45, 7) is 7.95. The smallest absolute Gasteiger partial charge is 0.168 e. The van der Waals surface area contributed by atoms with Crippen LogP contribution in [0.1, 0.15) is 40.5 Å². The minimum atomic E-state index is -1.48. The average Bonchev–Trinajstić information content (AvgIpc) is 1.66. The minimum absolute atomic E-state index is 0.0625. The van der Waals surface area contributed by atoms with Crippen molar-refractivity contribution in [3.05, 3.63) is 0 Å². The molecule has 11 heavy (non-hydrogen) atoms. The lowest BCUT2D eigenvalue weighted by atomic mass is 9.83. The van der Waals surface area contributed by atoms with Gasteiger partial charge in [0.05, 0.1) is 0 Å². The first-order valence-electron chi connectivity index (χ1n) is 4.11. The van der Waals surface area contributed by atoms with Gasteiger partial charge in [0.1, 0.15) is 0 Å². The summed E-state index contributed by atoms with van der Waals surface area (Å²) in [5.41, 5.74) is -0.302. The predicted molar refractivity (Wildman–Crippen MR) is 44.0 cm³/mol. The zero-order valence-electron chi connectivity index (χ0n) is 7.81. The summed E-state index contributed by atoms with van der Waals surface area (Å²) < 4.78 is 0. The molecule has 0 aliphatic heterocycles. The first-order chi connectivity index (χ1) is 4.66. The summed E-state index contributed by atoms with van der Waals surface area (Å²) in [6, 6.07) is 0. The van der Waals surface area contributed by atoms with E-state index in [2.05, 4.69) is 13.8 Å². The highest BCUT2D eigenvalue weighted by atomic mass is 16.5. The zero-order chi connectivity index (χ0) is 8.91. The van der Waals surface area contributed by atoms with E-state index in [0.717, 1.165) is 6.42 Å². The van der Waals surface area contributed by atoms with Crippen LogP contribution in [0.5, 0.6) is 0 Å². The lowest BCUT2D eigenvalue weighted by molar-refractivity contribution is -0.217. The molecule has 0 aromatic rings. The normalized spacial score (nSPS) is 32.2. The number of hydrogen-bond donors (Lipinski definition) is 2. The first-order valence-corrected chi connectivity index (χ1v) is 4.11. The second-order valence-corrected chi connectivity index (χ2v) is 5.22. The summed E-state index contributed by atoms with van der Waals surface area (Å²) in [6.07, 6.45) is 1.35. The van der Waals surface area contributed by atoms with E-state index in [1.807, 2.05) is 13.8 Å². The van der Waals surface area contributed by atoms with Crippen molar-refractivity contribution in [2.24, 2.45) is 10.8 Å². The van der Waals surface area contributed by atoms with E-state index < -0.39 is 5.79 Å². The molecule has 0 heterocycles. The van der Waals surface area contributed by atoms with Crippen LogP contribution in [0.3, 0.4) is 0 Å². The SMILES string of the molecule is CC1(C)CC(C)(C)C(O)(O)C1. The van der Waals surface area contributed by atoms with Crippen molar-refractivity contribution in [2.75, 3.05) is 0 Å². The van der Waals surface area contributed by atoms with E-state index in [1.54, 1.807) is 0 Å². The Morgan fingerprint density at radius 1 is 0.909 bits per heavy atom. The third kappa shape index (κ3) is 1.42. The quantitative estimate of drug-likeness (QED) is 0.525. The predicted octanol–water partition coefficient (Wildman–Crippen LogP) is 1.51. The lowest BCUT2D eigenvalue weighted by Gasteiger charge is -2.30. The van der Waals surface area contributed by atoms with Gasteiger partial charge in [-0.2, -0.15) is 0 Å². The van der Waals surface area contributed by atoms with E-state index in [-0.39, 0.29) is 10.8 Å². The van der Waals surface area contributed by atoms with Gasteiger partial charge in [-0.25, -0.2) is 0 Å². The van der Waals surface area contributed by atoms with Gasteiger partial charge in [-0.1, -0.05) is 27.7 Å². The first kappa shape index (κ1) is 9.01. The molecule has 0 saturated heterocycles. The van der Waals surface area contributed by atoms with Crippen molar-refractivity contribution in [3.8, 4) is 0 Å². The van der Waals surface area contributed by atoms with Crippen molar-refractivity contribution < 1.29 is 10.2 Å². The Hall–Kier alpha value is -0.0800. The largest absolute Gasteiger partial charge is 0.365 e.